The van der Waals surface area contributed by atoms with Gasteiger partial charge in [-0.15, -0.1) is 0 Å². The van der Waals surface area contributed by atoms with Gasteiger partial charge in [0, 0.05) is 11.7 Å². The molecule has 1 heterocycles. The number of nitrogens with zero attached hydrogens (tertiary/aromatic N) is 1. The second kappa shape index (κ2) is 5.71. The molecule has 0 atom stereocenters. The molecule has 1 aliphatic rings. The summed E-state index contributed by atoms with van der Waals surface area (Å²) >= 11 is 0. The highest BCUT2D eigenvalue weighted by Crippen LogP contribution is 2.24. The Morgan fingerprint density at radius 2 is 1.70 bits per heavy atom. The van der Waals surface area contributed by atoms with Gasteiger partial charge in [-0.25, -0.2) is 13.1 Å². The van der Waals surface area contributed by atoms with Gasteiger partial charge >= 0.3 is 0 Å². The van der Waals surface area contributed by atoms with Crippen molar-refractivity contribution >= 4 is 15.7 Å². The van der Waals surface area contributed by atoms with Crippen molar-refractivity contribution in [2.75, 3.05) is 25.9 Å². The Labute approximate surface area is 121 Å². The van der Waals surface area contributed by atoms with Crippen LogP contribution in [0.1, 0.15) is 24.0 Å². The minimum Gasteiger partial charge on any atom is -0.399 e. The number of aryl methyl sites for hydroxylation is 2. The Hall–Kier alpha value is -1.11. The van der Waals surface area contributed by atoms with Crippen LogP contribution in [-0.4, -0.2) is 39.5 Å². The summed E-state index contributed by atoms with van der Waals surface area (Å²) in [6.07, 6.45) is 1.70. The van der Waals surface area contributed by atoms with E-state index >= 15 is 0 Å². The van der Waals surface area contributed by atoms with Crippen LogP contribution >= 0.6 is 0 Å². The maximum absolute atomic E-state index is 12.6. The van der Waals surface area contributed by atoms with Crippen LogP contribution < -0.4 is 10.5 Å². The zero-order valence-corrected chi connectivity index (χ0v) is 13.1. The van der Waals surface area contributed by atoms with Gasteiger partial charge in [-0.3, -0.25) is 0 Å². The van der Waals surface area contributed by atoms with Crippen LogP contribution in [0, 0.1) is 13.8 Å². The number of nitrogen functional groups attached to an aromatic ring is 1. The highest BCUT2D eigenvalue weighted by molar-refractivity contribution is 7.89. The molecule has 112 valence electrons. The van der Waals surface area contributed by atoms with Gasteiger partial charge < -0.3 is 10.6 Å². The van der Waals surface area contributed by atoms with Gasteiger partial charge in [0.05, 0.1) is 4.90 Å². The summed E-state index contributed by atoms with van der Waals surface area (Å²) in [5.74, 6) is 0. The second-order valence-corrected chi connectivity index (χ2v) is 7.33. The number of likely N-dealkylation sites (tertiary alicyclic amines) is 1. The lowest BCUT2D eigenvalue weighted by Crippen LogP contribution is -2.43. The van der Waals surface area contributed by atoms with E-state index in [0.717, 1.165) is 25.9 Å². The molecule has 2 rings (SSSR count). The summed E-state index contributed by atoms with van der Waals surface area (Å²) in [7, 11) is -1.43. The van der Waals surface area contributed by atoms with Gasteiger partial charge in [-0.1, -0.05) is 0 Å². The highest BCUT2D eigenvalue weighted by Gasteiger charge is 2.25. The number of hydrogen-bond acceptors (Lipinski definition) is 4. The molecule has 1 fully saturated rings. The van der Waals surface area contributed by atoms with Crippen molar-refractivity contribution in [3.63, 3.8) is 0 Å². The van der Waals surface area contributed by atoms with Crippen molar-refractivity contribution in [3.8, 4) is 0 Å². The number of benzene rings is 1. The molecule has 0 unspecified atom stereocenters. The third-order valence-corrected chi connectivity index (χ3v) is 5.62. The Morgan fingerprint density at radius 1 is 1.20 bits per heavy atom. The highest BCUT2D eigenvalue weighted by atomic mass is 32.2. The van der Waals surface area contributed by atoms with Crippen molar-refractivity contribution in [1.29, 1.82) is 0 Å². The molecule has 0 radical (unpaired) electrons. The zero-order chi connectivity index (χ0) is 14.9. The molecule has 5 nitrogen and oxygen atoms in total. The predicted molar refractivity (Wildman–Crippen MR) is 81.2 cm³/mol. The summed E-state index contributed by atoms with van der Waals surface area (Å²) in [6.45, 7) is 5.42. The van der Waals surface area contributed by atoms with Crippen LogP contribution in [-0.2, 0) is 10.0 Å². The number of rotatable bonds is 3. The third-order valence-electron chi connectivity index (χ3n) is 3.79. The van der Waals surface area contributed by atoms with E-state index in [1.165, 1.54) is 0 Å². The molecule has 20 heavy (non-hydrogen) atoms. The van der Waals surface area contributed by atoms with Gasteiger partial charge in [0.25, 0.3) is 0 Å². The first-order chi connectivity index (χ1) is 9.29. The third kappa shape index (κ3) is 3.31. The standard InChI is InChI=1S/C14H23N3O2S/c1-10-8-12(15)9-11(2)14(10)20(18,19)16-13-4-6-17(3)7-5-13/h8-9,13,16H,4-7,15H2,1-3H3. The van der Waals surface area contributed by atoms with E-state index in [1.807, 2.05) is 0 Å². The molecule has 3 N–H and O–H groups in total. The molecule has 1 saturated heterocycles. The average molecular weight is 297 g/mol. The van der Waals surface area contributed by atoms with Gasteiger partial charge in [-0.2, -0.15) is 0 Å². The average Bonchev–Trinajstić information content (AvgIpc) is 2.30. The van der Waals surface area contributed by atoms with E-state index in [1.54, 1.807) is 26.0 Å². The molecule has 0 amide bonds. The molecule has 0 aliphatic carbocycles. The van der Waals surface area contributed by atoms with Crippen LogP contribution in [0.25, 0.3) is 0 Å². The molecule has 1 aromatic carbocycles. The first-order valence-corrected chi connectivity index (χ1v) is 8.35. The van der Waals surface area contributed by atoms with Gasteiger partial charge in [-0.05, 0) is 70.1 Å². The molecule has 1 aliphatic heterocycles. The van der Waals surface area contributed by atoms with Crippen LogP contribution in [0.5, 0.6) is 0 Å². The summed E-state index contributed by atoms with van der Waals surface area (Å²) in [5, 5.41) is 0. The maximum Gasteiger partial charge on any atom is 0.241 e. The van der Waals surface area contributed by atoms with Crippen molar-refractivity contribution < 1.29 is 8.42 Å². The largest absolute Gasteiger partial charge is 0.399 e. The monoisotopic (exact) mass is 297 g/mol. The molecule has 0 spiro atoms. The second-order valence-electron chi connectivity index (χ2n) is 5.68. The minimum absolute atomic E-state index is 0.0209. The van der Waals surface area contributed by atoms with Gasteiger partial charge in [0.2, 0.25) is 10.0 Å². The Bertz CT molecular complexity index is 567. The quantitative estimate of drug-likeness (QED) is 0.824. The lowest BCUT2D eigenvalue weighted by Gasteiger charge is -2.29. The number of nitrogens with one attached hydrogen (secondary N) is 1. The molecular formula is C14H23N3O2S. The topological polar surface area (TPSA) is 75.4 Å². The minimum atomic E-state index is -3.48. The number of anilines is 1. The van der Waals surface area contributed by atoms with E-state index in [4.69, 9.17) is 5.73 Å². The van der Waals surface area contributed by atoms with Crippen LogP contribution in [0.3, 0.4) is 0 Å². The fraction of sp³-hybridized carbons (Fsp3) is 0.571. The Morgan fingerprint density at radius 3 is 2.20 bits per heavy atom. The van der Waals surface area contributed by atoms with Crippen LogP contribution in [0.4, 0.5) is 5.69 Å². The van der Waals surface area contributed by atoms with E-state index in [9.17, 15) is 8.42 Å². The summed E-state index contributed by atoms with van der Waals surface area (Å²) in [6, 6.07) is 3.43. The van der Waals surface area contributed by atoms with E-state index in [0.29, 0.717) is 21.7 Å². The molecular weight excluding hydrogens is 274 g/mol. The van der Waals surface area contributed by atoms with Crippen molar-refractivity contribution in [2.45, 2.75) is 37.6 Å². The smallest absolute Gasteiger partial charge is 0.241 e. The first-order valence-electron chi connectivity index (χ1n) is 6.87. The summed E-state index contributed by atoms with van der Waals surface area (Å²) < 4.78 is 28.0. The lowest BCUT2D eigenvalue weighted by atomic mass is 10.1. The van der Waals surface area contributed by atoms with Gasteiger partial charge in [0.15, 0.2) is 0 Å². The molecule has 0 saturated carbocycles. The van der Waals surface area contributed by atoms with Gasteiger partial charge in [0.1, 0.15) is 0 Å². The maximum atomic E-state index is 12.6. The molecule has 6 heteroatoms. The van der Waals surface area contributed by atoms with Crippen LogP contribution in [0.2, 0.25) is 0 Å². The van der Waals surface area contributed by atoms with Crippen molar-refractivity contribution in [3.05, 3.63) is 23.3 Å². The van der Waals surface area contributed by atoms with Crippen molar-refractivity contribution in [1.82, 2.24) is 9.62 Å². The zero-order valence-electron chi connectivity index (χ0n) is 12.3. The normalized spacial score (nSPS) is 18.4. The SMILES string of the molecule is Cc1cc(N)cc(C)c1S(=O)(=O)NC1CCN(C)CC1. The van der Waals surface area contributed by atoms with Crippen molar-refractivity contribution in [2.24, 2.45) is 0 Å². The number of hydrogen-bond donors (Lipinski definition) is 2. The van der Waals surface area contributed by atoms with E-state index in [2.05, 4.69) is 16.7 Å². The van der Waals surface area contributed by atoms with Crippen LogP contribution in [0.15, 0.2) is 17.0 Å². The molecule has 0 aromatic heterocycles. The Kier molecular flexibility index (Phi) is 4.36. The first kappa shape index (κ1) is 15.3. The molecule has 1 aromatic rings. The van der Waals surface area contributed by atoms with E-state index < -0.39 is 10.0 Å². The predicted octanol–water partition coefficient (Wildman–Crippen LogP) is 1.26. The lowest BCUT2D eigenvalue weighted by molar-refractivity contribution is 0.248. The Balaban J connectivity index is 2.23. The fourth-order valence-corrected chi connectivity index (χ4v) is 4.57. The summed E-state index contributed by atoms with van der Waals surface area (Å²) in [5.41, 5.74) is 7.74. The molecule has 0 bridgehead atoms. The summed E-state index contributed by atoms with van der Waals surface area (Å²) in [4.78, 5) is 2.58. The van der Waals surface area contributed by atoms with E-state index in [-0.39, 0.29) is 6.04 Å². The number of nitrogens with two attached hydrogens (primary N) is 1. The fourth-order valence-electron chi connectivity index (χ4n) is 2.81. The number of piperidine rings is 1. The number of sulfonamides is 1.